The van der Waals surface area contributed by atoms with Gasteiger partial charge in [-0.25, -0.2) is 4.39 Å². The van der Waals surface area contributed by atoms with Crippen molar-refractivity contribution in [2.45, 2.75) is 0 Å². The van der Waals surface area contributed by atoms with Gasteiger partial charge in [0.15, 0.2) is 11.6 Å². The number of ether oxygens (including phenoxy) is 2. The Bertz CT molecular complexity index is 462. The van der Waals surface area contributed by atoms with Gasteiger partial charge in [0.1, 0.15) is 13.1 Å². The summed E-state index contributed by atoms with van der Waals surface area (Å²) in [6, 6.07) is 4.20. The minimum Gasteiger partial charge on any atom is -0.494 e. The molecule has 0 spiro atoms. The van der Waals surface area contributed by atoms with Crippen LogP contribution in [0.5, 0.6) is 5.75 Å². The third kappa shape index (κ3) is 3.91. The highest BCUT2D eigenvalue weighted by Crippen LogP contribution is 2.17. The second kappa shape index (κ2) is 7.21. The van der Waals surface area contributed by atoms with Crippen LogP contribution < -0.4 is 15.0 Å². The Labute approximate surface area is 117 Å². The summed E-state index contributed by atoms with van der Waals surface area (Å²) in [7, 11) is 1.39. The van der Waals surface area contributed by atoms with Crippen molar-refractivity contribution in [3.63, 3.8) is 0 Å². The molecule has 1 aromatic carbocycles. The quantitative estimate of drug-likeness (QED) is 0.764. The van der Waals surface area contributed by atoms with Crippen LogP contribution in [0.25, 0.3) is 0 Å². The van der Waals surface area contributed by atoms with E-state index in [1.807, 2.05) is 0 Å². The van der Waals surface area contributed by atoms with Crippen LogP contribution in [-0.2, 0) is 4.74 Å². The van der Waals surface area contributed by atoms with Gasteiger partial charge in [-0.05, 0) is 18.2 Å². The van der Waals surface area contributed by atoms with E-state index in [0.29, 0.717) is 12.1 Å². The van der Waals surface area contributed by atoms with Crippen LogP contribution in [0.3, 0.4) is 0 Å². The summed E-state index contributed by atoms with van der Waals surface area (Å²) in [5, 5.41) is 2.80. The third-order valence-corrected chi connectivity index (χ3v) is 3.38. The third-order valence-electron chi connectivity index (χ3n) is 3.38. The average Bonchev–Trinajstić information content (AvgIpc) is 2.48. The Hall–Kier alpha value is -1.66. The standard InChI is InChI=1S/C14H19FN2O3/c1-19-13-3-2-11(10-12(13)15)14(18)16-4-5-17-6-8-20-9-7-17/h2-3,10H,4-9H2,1H3,(H,16,18)/p+1. The van der Waals surface area contributed by atoms with Gasteiger partial charge in [0.2, 0.25) is 0 Å². The van der Waals surface area contributed by atoms with Crippen LogP contribution in [0.2, 0.25) is 0 Å². The van der Waals surface area contributed by atoms with Gasteiger partial charge in [0.05, 0.1) is 33.4 Å². The summed E-state index contributed by atoms with van der Waals surface area (Å²) in [4.78, 5) is 13.3. The molecule has 1 aliphatic rings. The highest BCUT2D eigenvalue weighted by molar-refractivity contribution is 5.94. The minimum atomic E-state index is -0.529. The van der Waals surface area contributed by atoms with Gasteiger partial charge in [0.25, 0.3) is 5.91 Å². The van der Waals surface area contributed by atoms with E-state index in [4.69, 9.17) is 9.47 Å². The van der Waals surface area contributed by atoms with E-state index in [-0.39, 0.29) is 11.7 Å². The van der Waals surface area contributed by atoms with Crippen molar-refractivity contribution in [3.8, 4) is 5.75 Å². The molecule has 1 amide bonds. The number of nitrogens with one attached hydrogen (secondary N) is 2. The van der Waals surface area contributed by atoms with E-state index in [0.717, 1.165) is 32.8 Å². The van der Waals surface area contributed by atoms with Gasteiger partial charge in [-0.3, -0.25) is 4.79 Å². The van der Waals surface area contributed by atoms with E-state index < -0.39 is 5.82 Å². The molecular formula is C14H20FN2O3+. The van der Waals surface area contributed by atoms with E-state index in [2.05, 4.69) is 5.32 Å². The van der Waals surface area contributed by atoms with Gasteiger partial charge in [-0.2, -0.15) is 0 Å². The van der Waals surface area contributed by atoms with Crippen LogP contribution in [0.1, 0.15) is 10.4 Å². The first-order valence-corrected chi connectivity index (χ1v) is 6.74. The molecule has 0 bridgehead atoms. The summed E-state index contributed by atoms with van der Waals surface area (Å²) in [6.45, 7) is 4.90. The first-order valence-electron chi connectivity index (χ1n) is 6.74. The molecule has 1 heterocycles. The molecule has 0 radical (unpaired) electrons. The van der Waals surface area contributed by atoms with Gasteiger partial charge in [-0.1, -0.05) is 0 Å². The van der Waals surface area contributed by atoms with Crippen molar-refractivity contribution in [1.82, 2.24) is 5.32 Å². The highest BCUT2D eigenvalue weighted by atomic mass is 19.1. The fourth-order valence-electron chi connectivity index (χ4n) is 2.17. The number of methoxy groups -OCH3 is 1. The summed E-state index contributed by atoms with van der Waals surface area (Å²) < 4.78 is 23.6. The van der Waals surface area contributed by atoms with Crippen molar-refractivity contribution in [3.05, 3.63) is 29.6 Å². The molecule has 6 heteroatoms. The molecule has 1 aliphatic heterocycles. The van der Waals surface area contributed by atoms with E-state index >= 15 is 0 Å². The second-order valence-electron chi connectivity index (χ2n) is 4.72. The zero-order valence-electron chi connectivity index (χ0n) is 11.6. The summed E-state index contributed by atoms with van der Waals surface area (Å²) in [6.07, 6.45) is 0. The molecular weight excluding hydrogens is 263 g/mol. The molecule has 20 heavy (non-hydrogen) atoms. The Balaban J connectivity index is 1.80. The first kappa shape index (κ1) is 14.7. The number of amides is 1. The fourth-order valence-corrected chi connectivity index (χ4v) is 2.17. The Morgan fingerprint density at radius 2 is 2.20 bits per heavy atom. The van der Waals surface area contributed by atoms with Crippen molar-refractivity contribution in [1.29, 1.82) is 0 Å². The normalized spacial score (nSPS) is 15.9. The lowest BCUT2D eigenvalue weighted by Crippen LogP contribution is -3.14. The van der Waals surface area contributed by atoms with Gasteiger partial charge < -0.3 is 19.7 Å². The topological polar surface area (TPSA) is 52.0 Å². The van der Waals surface area contributed by atoms with E-state index in [1.54, 1.807) is 6.07 Å². The predicted molar refractivity (Wildman–Crippen MR) is 71.7 cm³/mol. The Morgan fingerprint density at radius 3 is 2.85 bits per heavy atom. The zero-order valence-corrected chi connectivity index (χ0v) is 11.6. The number of rotatable bonds is 5. The molecule has 1 fully saturated rings. The summed E-state index contributed by atoms with van der Waals surface area (Å²) in [5.41, 5.74) is 0.306. The monoisotopic (exact) mass is 283 g/mol. The number of carbonyl (C=O) groups excluding carboxylic acids is 1. The Kier molecular flexibility index (Phi) is 5.31. The number of quaternary nitrogens is 1. The Morgan fingerprint density at radius 1 is 1.45 bits per heavy atom. The largest absolute Gasteiger partial charge is 0.494 e. The second-order valence-corrected chi connectivity index (χ2v) is 4.72. The van der Waals surface area contributed by atoms with Crippen molar-refractivity contribution in [2.24, 2.45) is 0 Å². The predicted octanol–water partition coefficient (Wildman–Crippen LogP) is -0.521. The lowest BCUT2D eigenvalue weighted by Gasteiger charge is -2.23. The van der Waals surface area contributed by atoms with Crippen LogP contribution in [0.15, 0.2) is 18.2 Å². The molecule has 0 unspecified atom stereocenters. The van der Waals surface area contributed by atoms with Crippen LogP contribution >= 0.6 is 0 Å². The number of halogens is 1. The fraction of sp³-hybridized carbons (Fsp3) is 0.500. The number of morpholine rings is 1. The number of hydrogen-bond donors (Lipinski definition) is 2. The maximum absolute atomic E-state index is 13.5. The van der Waals surface area contributed by atoms with Crippen molar-refractivity contribution >= 4 is 5.91 Å². The van der Waals surface area contributed by atoms with Gasteiger partial charge in [0, 0.05) is 5.56 Å². The number of hydrogen-bond acceptors (Lipinski definition) is 3. The van der Waals surface area contributed by atoms with E-state index in [1.165, 1.54) is 24.1 Å². The minimum absolute atomic E-state index is 0.138. The lowest BCUT2D eigenvalue weighted by atomic mass is 10.2. The number of benzene rings is 1. The molecule has 5 nitrogen and oxygen atoms in total. The SMILES string of the molecule is COc1ccc(C(=O)NCC[NH+]2CCOCC2)cc1F. The maximum atomic E-state index is 13.5. The molecule has 0 aromatic heterocycles. The summed E-state index contributed by atoms with van der Waals surface area (Å²) in [5.74, 6) is -0.655. The molecule has 0 atom stereocenters. The number of carbonyl (C=O) groups is 1. The van der Waals surface area contributed by atoms with E-state index in [9.17, 15) is 9.18 Å². The smallest absolute Gasteiger partial charge is 0.251 e. The molecule has 1 aromatic rings. The van der Waals surface area contributed by atoms with Crippen LogP contribution in [0, 0.1) is 5.82 Å². The molecule has 2 N–H and O–H groups in total. The summed E-state index contributed by atoms with van der Waals surface area (Å²) >= 11 is 0. The molecule has 110 valence electrons. The molecule has 1 saturated heterocycles. The molecule has 0 aliphatic carbocycles. The van der Waals surface area contributed by atoms with Crippen molar-refractivity contribution < 1.29 is 23.6 Å². The van der Waals surface area contributed by atoms with Crippen molar-refractivity contribution in [2.75, 3.05) is 46.5 Å². The van der Waals surface area contributed by atoms with Crippen LogP contribution in [-0.4, -0.2) is 52.4 Å². The van der Waals surface area contributed by atoms with Gasteiger partial charge >= 0.3 is 0 Å². The average molecular weight is 283 g/mol. The zero-order chi connectivity index (χ0) is 14.4. The lowest BCUT2D eigenvalue weighted by molar-refractivity contribution is -0.906. The first-order chi connectivity index (χ1) is 9.70. The van der Waals surface area contributed by atoms with Crippen LogP contribution in [0.4, 0.5) is 4.39 Å². The molecule has 2 rings (SSSR count). The highest BCUT2D eigenvalue weighted by Gasteiger charge is 2.14. The molecule has 0 saturated carbocycles. The maximum Gasteiger partial charge on any atom is 0.251 e. The van der Waals surface area contributed by atoms with Gasteiger partial charge in [-0.15, -0.1) is 0 Å².